The quantitative estimate of drug-likeness (QED) is 0.575. The number of benzene rings is 2. The smallest absolute Gasteiger partial charge is 0.227 e. The molecule has 23 heavy (non-hydrogen) atoms. The summed E-state index contributed by atoms with van der Waals surface area (Å²) in [7, 11) is 0. The van der Waals surface area contributed by atoms with E-state index in [-0.39, 0.29) is 5.82 Å². The van der Waals surface area contributed by atoms with Crippen LogP contribution in [0.1, 0.15) is 24.7 Å². The molecule has 2 nitrogen and oxygen atoms in total. The number of imidazole rings is 1. The zero-order valence-electron chi connectivity index (χ0n) is 13.1. The summed E-state index contributed by atoms with van der Waals surface area (Å²) in [6.07, 6.45) is 1.02. The number of aryl methyl sites for hydroxylation is 1. The Hall–Kier alpha value is -1.58. The van der Waals surface area contributed by atoms with Crippen LogP contribution in [-0.4, -0.2) is 4.57 Å². The third-order valence-electron chi connectivity index (χ3n) is 4.13. The lowest BCUT2D eigenvalue weighted by Gasteiger charge is -2.05. The van der Waals surface area contributed by atoms with Crippen molar-refractivity contribution in [1.82, 2.24) is 4.57 Å². The van der Waals surface area contributed by atoms with E-state index in [2.05, 4.69) is 16.1 Å². The van der Waals surface area contributed by atoms with Gasteiger partial charge in [0.2, 0.25) is 0 Å². The van der Waals surface area contributed by atoms with Crippen molar-refractivity contribution in [3.05, 3.63) is 63.6 Å². The van der Waals surface area contributed by atoms with Gasteiger partial charge in [0.25, 0.3) is 5.82 Å². The van der Waals surface area contributed by atoms with Crippen molar-refractivity contribution >= 4 is 34.2 Å². The zero-order chi connectivity index (χ0) is 16.6. The molecule has 1 heterocycles. The fourth-order valence-corrected chi connectivity index (χ4v) is 3.37. The van der Waals surface area contributed by atoms with Crippen LogP contribution in [0.5, 0.6) is 0 Å². The van der Waals surface area contributed by atoms with Gasteiger partial charge in [0, 0.05) is 23.6 Å². The number of fused-ring (bicyclic) bond motifs is 1. The van der Waals surface area contributed by atoms with Crippen LogP contribution in [0.15, 0.2) is 36.4 Å². The van der Waals surface area contributed by atoms with E-state index in [4.69, 9.17) is 23.2 Å². The Morgan fingerprint density at radius 1 is 1.17 bits per heavy atom. The largest absolute Gasteiger partial charge is 0.254 e. The van der Waals surface area contributed by atoms with E-state index < -0.39 is 0 Å². The molecule has 3 aromatic rings. The molecule has 0 bridgehead atoms. The number of hydrogen-bond acceptors (Lipinski definition) is 0. The predicted molar refractivity (Wildman–Crippen MR) is 92.7 cm³/mol. The van der Waals surface area contributed by atoms with Gasteiger partial charge >= 0.3 is 0 Å². The molecule has 0 atom stereocenters. The first-order valence-corrected chi connectivity index (χ1v) is 8.39. The highest BCUT2D eigenvalue weighted by atomic mass is 35.5. The molecule has 0 spiro atoms. The third kappa shape index (κ3) is 2.96. The minimum atomic E-state index is -0.289. The molecule has 0 aliphatic rings. The maximum absolute atomic E-state index is 14.2. The van der Waals surface area contributed by atoms with Gasteiger partial charge in [-0.1, -0.05) is 36.2 Å². The van der Waals surface area contributed by atoms with Crippen LogP contribution in [0.4, 0.5) is 4.39 Å². The lowest BCUT2D eigenvalue weighted by Crippen LogP contribution is -2.36. The number of nitrogens with zero attached hydrogens (tertiary/aromatic N) is 2. The van der Waals surface area contributed by atoms with Gasteiger partial charge in [-0.2, -0.15) is 0 Å². The van der Waals surface area contributed by atoms with Crippen molar-refractivity contribution in [2.24, 2.45) is 0 Å². The van der Waals surface area contributed by atoms with Gasteiger partial charge < -0.3 is 0 Å². The van der Waals surface area contributed by atoms with E-state index in [0.29, 0.717) is 22.2 Å². The Morgan fingerprint density at radius 2 is 1.96 bits per heavy atom. The van der Waals surface area contributed by atoms with E-state index in [1.54, 1.807) is 12.1 Å². The molecular formula is C18H18Cl2FN2+. The van der Waals surface area contributed by atoms with Crippen molar-refractivity contribution in [3.63, 3.8) is 0 Å². The minimum absolute atomic E-state index is 0.289. The Labute approximate surface area is 145 Å². The van der Waals surface area contributed by atoms with E-state index in [1.165, 1.54) is 6.07 Å². The second-order valence-electron chi connectivity index (χ2n) is 5.62. The SMILES string of the molecule is CCC[n+]1c(C)n(Cc2c(F)cccc2Cl)c2cc(Cl)ccc21. The van der Waals surface area contributed by atoms with Crippen molar-refractivity contribution in [2.45, 2.75) is 33.4 Å². The van der Waals surface area contributed by atoms with Gasteiger partial charge in [-0.15, -0.1) is 0 Å². The van der Waals surface area contributed by atoms with Gasteiger partial charge in [-0.05, 0) is 30.7 Å². The molecule has 0 aliphatic heterocycles. The fourth-order valence-electron chi connectivity index (χ4n) is 2.98. The monoisotopic (exact) mass is 351 g/mol. The first-order chi connectivity index (χ1) is 11.0. The Kier molecular flexibility index (Phi) is 4.60. The summed E-state index contributed by atoms with van der Waals surface area (Å²) in [5, 5.41) is 1.11. The van der Waals surface area contributed by atoms with Crippen LogP contribution in [0.2, 0.25) is 10.0 Å². The lowest BCUT2D eigenvalue weighted by atomic mass is 10.2. The van der Waals surface area contributed by atoms with Gasteiger partial charge in [0.15, 0.2) is 11.0 Å². The third-order valence-corrected chi connectivity index (χ3v) is 4.71. The molecule has 0 saturated heterocycles. The summed E-state index contributed by atoms with van der Waals surface area (Å²) in [6, 6.07) is 10.6. The lowest BCUT2D eigenvalue weighted by molar-refractivity contribution is -0.678. The molecule has 120 valence electrons. The van der Waals surface area contributed by atoms with Gasteiger partial charge in [-0.3, -0.25) is 0 Å². The molecule has 1 aromatic heterocycles. The molecule has 0 fully saturated rings. The van der Waals surface area contributed by atoms with Crippen LogP contribution >= 0.6 is 23.2 Å². The van der Waals surface area contributed by atoms with E-state index in [1.807, 2.05) is 25.1 Å². The molecule has 0 unspecified atom stereocenters. The molecule has 0 amide bonds. The first-order valence-electron chi connectivity index (χ1n) is 7.64. The molecule has 2 aromatic carbocycles. The first kappa shape index (κ1) is 16.3. The Balaban J connectivity index is 2.20. The molecule has 0 N–H and O–H groups in total. The van der Waals surface area contributed by atoms with E-state index in [9.17, 15) is 4.39 Å². The summed E-state index contributed by atoms with van der Waals surface area (Å²) in [5.74, 6) is 0.770. The summed E-state index contributed by atoms with van der Waals surface area (Å²) < 4.78 is 18.5. The molecule has 0 saturated carbocycles. The van der Waals surface area contributed by atoms with Crippen LogP contribution in [0, 0.1) is 12.7 Å². The van der Waals surface area contributed by atoms with E-state index in [0.717, 1.165) is 29.8 Å². The number of rotatable bonds is 4. The van der Waals surface area contributed by atoms with Crippen molar-refractivity contribution in [1.29, 1.82) is 0 Å². The summed E-state index contributed by atoms with van der Waals surface area (Å²) in [6.45, 7) is 5.46. The molecule has 5 heteroatoms. The highest BCUT2D eigenvalue weighted by Crippen LogP contribution is 2.25. The second-order valence-corrected chi connectivity index (χ2v) is 6.46. The van der Waals surface area contributed by atoms with Crippen LogP contribution in [0.3, 0.4) is 0 Å². The average Bonchev–Trinajstić information content (AvgIpc) is 2.76. The standard InChI is InChI=1S/C18H18Cl2FN2/c1-3-9-22-12(2)23(18-10-13(19)7-8-17(18)22)11-14-15(20)5-4-6-16(14)21/h4-8,10H,3,9,11H2,1-2H3/q+1. The van der Waals surface area contributed by atoms with Gasteiger partial charge in [-0.25, -0.2) is 13.5 Å². The second kappa shape index (κ2) is 6.50. The summed E-state index contributed by atoms with van der Waals surface area (Å²) in [4.78, 5) is 0. The van der Waals surface area contributed by atoms with Gasteiger partial charge in [0.05, 0.1) is 11.6 Å². The predicted octanol–water partition coefficient (Wildman–Crippen LogP) is 5.14. The molecular weight excluding hydrogens is 334 g/mol. The topological polar surface area (TPSA) is 8.81 Å². The molecule has 0 aliphatic carbocycles. The van der Waals surface area contributed by atoms with Crippen molar-refractivity contribution in [2.75, 3.05) is 0 Å². The number of aromatic nitrogens is 2. The van der Waals surface area contributed by atoms with Crippen LogP contribution in [-0.2, 0) is 13.1 Å². The summed E-state index contributed by atoms with van der Waals surface area (Å²) in [5.41, 5.74) is 2.58. The maximum Gasteiger partial charge on any atom is 0.254 e. The van der Waals surface area contributed by atoms with E-state index >= 15 is 0 Å². The summed E-state index contributed by atoms with van der Waals surface area (Å²) >= 11 is 12.4. The maximum atomic E-state index is 14.2. The van der Waals surface area contributed by atoms with Crippen LogP contribution < -0.4 is 4.57 Å². The fraction of sp³-hybridized carbons (Fsp3) is 0.278. The number of halogens is 3. The molecule has 0 radical (unpaired) electrons. The molecule has 3 rings (SSSR count). The Bertz CT molecular complexity index is 851. The van der Waals surface area contributed by atoms with Crippen molar-refractivity contribution < 1.29 is 8.96 Å². The minimum Gasteiger partial charge on any atom is -0.227 e. The number of hydrogen-bond donors (Lipinski definition) is 0. The van der Waals surface area contributed by atoms with Crippen molar-refractivity contribution in [3.8, 4) is 0 Å². The van der Waals surface area contributed by atoms with Gasteiger partial charge in [0.1, 0.15) is 12.4 Å². The average molecular weight is 352 g/mol. The highest BCUT2D eigenvalue weighted by molar-refractivity contribution is 6.31. The normalized spacial score (nSPS) is 11.3. The highest BCUT2D eigenvalue weighted by Gasteiger charge is 2.23. The Morgan fingerprint density at radius 3 is 2.65 bits per heavy atom. The zero-order valence-corrected chi connectivity index (χ0v) is 14.6. The van der Waals surface area contributed by atoms with Crippen LogP contribution in [0.25, 0.3) is 11.0 Å².